The van der Waals surface area contributed by atoms with Crippen LogP contribution in [0.1, 0.15) is 16.8 Å². The smallest absolute Gasteiger partial charge is 0.338 e. The summed E-state index contributed by atoms with van der Waals surface area (Å²) in [5.74, 6) is 0.0253. The highest BCUT2D eigenvalue weighted by Crippen LogP contribution is 2.16. The van der Waals surface area contributed by atoms with E-state index in [0.717, 1.165) is 13.0 Å². The minimum atomic E-state index is -0.927. The SMILES string of the molecule is NC(Cl)Oc1ccc(C(=O)OCC2CCNCC2O)cc1. The number of halogens is 1. The molecule has 1 aliphatic rings. The van der Waals surface area contributed by atoms with Crippen LogP contribution in [0, 0.1) is 5.92 Å². The number of aliphatic hydroxyl groups is 1. The maximum Gasteiger partial charge on any atom is 0.338 e. The van der Waals surface area contributed by atoms with Gasteiger partial charge in [-0.05, 0) is 37.2 Å². The Morgan fingerprint density at radius 3 is 2.81 bits per heavy atom. The molecule has 1 heterocycles. The van der Waals surface area contributed by atoms with Crippen molar-refractivity contribution < 1.29 is 19.4 Å². The highest BCUT2D eigenvalue weighted by atomic mass is 35.5. The van der Waals surface area contributed by atoms with Crippen LogP contribution in [0.25, 0.3) is 0 Å². The van der Waals surface area contributed by atoms with Crippen molar-refractivity contribution in [2.45, 2.75) is 18.2 Å². The van der Waals surface area contributed by atoms with Gasteiger partial charge in [0.1, 0.15) is 5.75 Å². The van der Waals surface area contributed by atoms with E-state index in [1.165, 1.54) is 0 Å². The lowest BCUT2D eigenvalue weighted by Gasteiger charge is -2.27. The standard InChI is InChI=1S/C14H19ClN2O4/c15-14(16)21-11-3-1-9(2-4-11)13(19)20-8-10-5-6-17-7-12(10)18/h1-4,10,12,14,17-18H,5-8,16H2. The molecule has 4 N–H and O–H groups in total. The second kappa shape index (κ2) is 7.61. The van der Waals surface area contributed by atoms with Crippen molar-refractivity contribution in [2.75, 3.05) is 19.7 Å². The van der Waals surface area contributed by atoms with E-state index in [9.17, 15) is 9.90 Å². The quantitative estimate of drug-likeness (QED) is 0.320. The van der Waals surface area contributed by atoms with Crippen molar-refractivity contribution >= 4 is 17.6 Å². The van der Waals surface area contributed by atoms with E-state index in [1.54, 1.807) is 24.3 Å². The number of β-amino-alcohol motifs (C(OH)–C–C–N with tert-alkyl or cyclic N) is 1. The Morgan fingerprint density at radius 2 is 2.19 bits per heavy atom. The van der Waals surface area contributed by atoms with E-state index < -0.39 is 17.8 Å². The Labute approximate surface area is 128 Å². The molecule has 7 heteroatoms. The number of hydrogen-bond acceptors (Lipinski definition) is 6. The number of hydrogen-bond donors (Lipinski definition) is 3. The first kappa shape index (κ1) is 16.0. The molecule has 1 saturated heterocycles. The van der Waals surface area contributed by atoms with Crippen LogP contribution < -0.4 is 15.8 Å². The van der Waals surface area contributed by atoms with Crippen molar-refractivity contribution in [2.24, 2.45) is 11.7 Å². The molecule has 2 rings (SSSR count). The number of nitrogens with one attached hydrogen (secondary N) is 1. The van der Waals surface area contributed by atoms with Crippen molar-refractivity contribution in [3.8, 4) is 5.75 Å². The fourth-order valence-electron chi connectivity index (χ4n) is 2.16. The van der Waals surface area contributed by atoms with Gasteiger partial charge in [0, 0.05) is 12.5 Å². The van der Waals surface area contributed by atoms with E-state index in [4.69, 9.17) is 26.8 Å². The van der Waals surface area contributed by atoms with Crippen molar-refractivity contribution in [1.82, 2.24) is 5.32 Å². The molecule has 1 aromatic carbocycles. The number of piperidine rings is 1. The number of carbonyl (C=O) groups excluding carboxylic acids is 1. The number of alkyl halides is 1. The minimum absolute atomic E-state index is 0.0212. The lowest BCUT2D eigenvalue weighted by atomic mass is 9.96. The molecule has 3 unspecified atom stereocenters. The zero-order chi connectivity index (χ0) is 15.2. The fraction of sp³-hybridized carbons (Fsp3) is 0.500. The topological polar surface area (TPSA) is 93.8 Å². The summed E-state index contributed by atoms with van der Waals surface area (Å²) in [6.07, 6.45) is 0.307. The van der Waals surface area contributed by atoms with E-state index in [-0.39, 0.29) is 12.5 Å². The normalized spacial score (nSPS) is 23.4. The average molecular weight is 315 g/mol. The van der Waals surface area contributed by atoms with Gasteiger partial charge in [-0.2, -0.15) is 0 Å². The van der Waals surface area contributed by atoms with E-state index in [2.05, 4.69) is 5.32 Å². The second-order valence-electron chi connectivity index (χ2n) is 4.91. The molecule has 116 valence electrons. The van der Waals surface area contributed by atoms with Crippen molar-refractivity contribution in [3.63, 3.8) is 0 Å². The number of carbonyl (C=O) groups is 1. The summed E-state index contributed by atoms with van der Waals surface area (Å²) >= 11 is 5.50. The zero-order valence-corrected chi connectivity index (χ0v) is 12.3. The van der Waals surface area contributed by atoms with Crippen LogP contribution in [0.3, 0.4) is 0 Å². The van der Waals surface area contributed by atoms with Gasteiger partial charge in [-0.3, -0.25) is 5.73 Å². The molecular weight excluding hydrogens is 296 g/mol. The highest BCUT2D eigenvalue weighted by Gasteiger charge is 2.24. The summed E-state index contributed by atoms with van der Waals surface area (Å²) in [7, 11) is 0. The molecule has 1 aliphatic heterocycles. The lowest BCUT2D eigenvalue weighted by molar-refractivity contribution is 0.0137. The first-order chi connectivity index (χ1) is 10.1. The summed E-state index contributed by atoms with van der Waals surface area (Å²) in [5.41, 5.74) is 4.77. The van der Waals surface area contributed by atoms with Crippen LogP contribution in [-0.2, 0) is 4.74 Å². The van der Waals surface area contributed by atoms with Gasteiger partial charge < -0.3 is 19.9 Å². The Balaban J connectivity index is 1.85. The molecule has 0 aliphatic carbocycles. The predicted molar refractivity (Wildman–Crippen MR) is 78.2 cm³/mol. The fourth-order valence-corrected chi connectivity index (χ4v) is 2.26. The van der Waals surface area contributed by atoms with Gasteiger partial charge in [-0.15, -0.1) is 0 Å². The van der Waals surface area contributed by atoms with E-state index in [1.807, 2.05) is 0 Å². The van der Waals surface area contributed by atoms with Gasteiger partial charge in [0.25, 0.3) is 0 Å². The van der Waals surface area contributed by atoms with Crippen LogP contribution in [0.4, 0.5) is 0 Å². The first-order valence-electron chi connectivity index (χ1n) is 6.78. The molecule has 6 nitrogen and oxygen atoms in total. The Bertz CT molecular complexity index is 467. The molecule has 0 bridgehead atoms. The van der Waals surface area contributed by atoms with Crippen LogP contribution in [-0.4, -0.2) is 42.6 Å². The van der Waals surface area contributed by atoms with E-state index >= 15 is 0 Å². The number of esters is 1. The number of benzene rings is 1. The molecule has 1 aromatic rings. The third kappa shape index (κ3) is 4.86. The molecule has 21 heavy (non-hydrogen) atoms. The van der Waals surface area contributed by atoms with Crippen LogP contribution >= 0.6 is 11.6 Å². The summed E-state index contributed by atoms with van der Waals surface area (Å²) in [6.45, 7) is 1.57. The summed E-state index contributed by atoms with van der Waals surface area (Å²) < 4.78 is 10.3. The highest BCUT2D eigenvalue weighted by molar-refractivity contribution is 6.19. The van der Waals surface area contributed by atoms with Gasteiger partial charge in [-0.25, -0.2) is 4.79 Å². The Kier molecular flexibility index (Phi) is 5.81. The minimum Gasteiger partial charge on any atom is -0.462 e. The number of nitrogens with two attached hydrogens (primary N) is 1. The van der Waals surface area contributed by atoms with Crippen molar-refractivity contribution in [1.29, 1.82) is 0 Å². The lowest BCUT2D eigenvalue weighted by Crippen LogP contribution is -2.42. The van der Waals surface area contributed by atoms with Gasteiger partial charge in [0.05, 0.1) is 18.3 Å². The third-order valence-corrected chi connectivity index (χ3v) is 3.45. The summed E-state index contributed by atoms with van der Waals surface area (Å²) in [6, 6.07) is 6.35. The van der Waals surface area contributed by atoms with E-state index in [0.29, 0.717) is 17.9 Å². The van der Waals surface area contributed by atoms with Gasteiger partial charge >= 0.3 is 5.97 Å². The molecule has 0 amide bonds. The summed E-state index contributed by atoms with van der Waals surface area (Å²) in [5, 5.41) is 12.9. The van der Waals surface area contributed by atoms with Crippen LogP contribution in [0.5, 0.6) is 5.75 Å². The number of rotatable bonds is 5. The number of aliphatic hydroxyl groups excluding tert-OH is 1. The maximum absolute atomic E-state index is 11.9. The largest absolute Gasteiger partial charge is 0.462 e. The Hall–Kier alpha value is -1.34. The monoisotopic (exact) mass is 314 g/mol. The molecule has 0 aromatic heterocycles. The molecule has 0 radical (unpaired) electrons. The zero-order valence-electron chi connectivity index (χ0n) is 11.5. The van der Waals surface area contributed by atoms with Gasteiger partial charge in [0.15, 0.2) is 0 Å². The first-order valence-corrected chi connectivity index (χ1v) is 7.22. The van der Waals surface area contributed by atoms with Gasteiger partial charge in [0.2, 0.25) is 5.69 Å². The number of ether oxygens (including phenoxy) is 2. The summed E-state index contributed by atoms with van der Waals surface area (Å²) in [4.78, 5) is 11.9. The molecule has 0 saturated carbocycles. The molecule has 1 fully saturated rings. The molecule has 0 spiro atoms. The molecule has 3 atom stereocenters. The van der Waals surface area contributed by atoms with Crippen molar-refractivity contribution in [3.05, 3.63) is 29.8 Å². The average Bonchev–Trinajstić information content (AvgIpc) is 2.46. The Morgan fingerprint density at radius 1 is 1.48 bits per heavy atom. The maximum atomic E-state index is 11.9. The molecular formula is C14H19ClN2O4. The second-order valence-corrected chi connectivity index (χ2v) is 5.34. The predicted octanol–water partition coefficient (Wildman–Crippen LogP) is 0.674. The van der Waals surface area contributed by atoms with Crippen LogP contribution in [0.2, 0.25) is 0 Å². The van der Waals surface area contributed by atoms with Crippen LogP contribution in [0.15, 0.2) is 24.3 Å². The third-order valence-electron chi connectivity index (χ3n) is 3.36. The van der Waals surface area contributed by atoms with Gasteiger partial charge in [-0.1, -0.05) is 11.6 Å².